The average molecular weight is 280 g/mol. The molecule has 2 aromatic rings. The molecule has 0 N–H and O–H groups in total. The van der Waals surface area contributed by atoms with Crippen LogP contribution < -0.4 is 0 Å². The molecule has 0 aliphatic heterocycles. The van der Waals surface area contributed by atoms with E-state index in [1.54, 1.807) is 6.92 Å². The van der Waals surface area contributed by atoms with Crippen molar-refractivity contribution in [1.29, 1.82) is 0 Å². The Balaban J connectivity index is 2.57. The molecule has 0 aliphatic carbocycles. The molecule has 2 aromatic carbocycles. The molecule has 0 unspecified atom stereocenters. The quantitative estimate of drug-likeness (QED) is 0.646. The van der Waals surface area contributed by atoms with Crippen molar-refractivity contribution in [2.24, 2.45) is 0 Å². The fraction of sp³-hybridized carbons (Fsp3) is 0.350. The van der Waals surface area contributed by atoms with Crippen LogP contribution in [0, 0.1) is 0 Å². The molecule has 2 rings (SSSR count). The first-order valence-corrected chi connectivity index (χ1v) is 7.65. The van der Waals surface area contributed by atoms with Crippen LogP contribution in [-0.2, 0) is 0 Å². The zero-order chi connectivity index (χ0) is 15.6. The third-order valence-electron chi connectivity index (χ3n) is 3.94. The Morgan fingerprint density at radius 3 is 2.19 bits per heavy atom. The summed E-state index contributed by atoms with van der Waals surface area (Å²) in [5, 5.41) is 0. The Morgan fingerprint density at radius 2 is 1.62 bits per heavy atom. The SMILES string of the molecule is CC(=O)c1cccc(-c2ccc(C(C)C)cc2C(C)C)c1. The first-order chi connectivity index (χ1) is 9.90. The van der Waals surface area contributed by atoms with Crippen molar-refractivity contribution in [3.8, 4) is 11.1 Å². The normalized spacial score (nSPS) is 11.2. The van der Waals surface area contributed by atoms with E-state index in [1.165, 1.54) is 16.7 Å². The van der Waals surface area contributed by atoms with Gasteiger partial charge in [0.05, 0.1) is 0 Å². The van der Waals surface area contributed by atoms with E-state index in [0.717, 1.165) is 11.1 Å². The standard InChI is InChI=1S/C20H24O/c1-13(2)16-9-10-19(20(12-16)14(3)4)18-8-6-7-17(11-18)15(5)21/h6-14H,1-5H3. The van der Waals surface area contributed by atoms with Gasteiger partial charge in [-0.05, 0) is 47.1 Å². The van der Waals surface area contributed by atoms with Crippen LogP contribution in [0.1, 0.15) is 67.9 Å². The van der Waals surface area contributed by atoms with E-state index in [-0.39, 0.29) is 5.78 Å². The number of Topliss-reactive ketones (excluding diaryl/α,β-unsaturated/α-hetero) is 1. The fourth-order valence-corrected chi connectivity index (χ4v) is 2.59. The van der Waals surface area contributed by atoms with Crippen molar-refractivity contribution in [1.82, 2.24) is 0 Å². The highest BCUT2D eigenvalue weighted by Gasteiger charge is 2.12. The van der Waals surface area contributed by atoms with Crippen LogP contribution in [0.5, 0.6) is 0 Å². The summed E-state index contributed by atoms with van der Waals surface area (Å²) in [5.74, 6) is 1.10. The topological polar surface area (TPSA) is 17.1 Å². The molecule has 1 heteroatoms. The van der Waals surface area contributed by atoms with Gasteiger partial charge in [-0.15, -0.1) is 0 Å². The van der Waals surface area contributed by atoms with E-state index in [1.807, 2.05) is 18.2 Å². The van der Waals surface area contributed by atoms with Crippen LogP contribution in [0.2, 0.25) is 0 Å². The lowest BCUT2D eigenvalue weighted by Crippen LogP contribution is -1.98. The summed E-state index contributed by atoms with van der Waals surface area (Å²) in [7, 11) is 0. The van der Waals surface area contributed by atoms with E-state index >= 15 is 0 Å². The summed E-state index contributed by atoms with van der Waals surface area (Å²) in [6.45, 7) is 10.5. The number of hydrogen-bond acceptors (Lipinski definition) is 1. The largest absolute Gasteiger partial charge is 0.295 e. The minimum absolute atomic E-state index is 0.113. The fourth-order valence-electron chi connectivity index (χ4n) is 2.59. The molecule has 0 aromatic heterocycles. The predicted octanol–water partition coefficient (Wildman–Crippen LogP) is 5.80. The number of carbonyl (C=O) groups is 1. The summed E-state index contributed by atoms with van der Waals surface area (Å²) in [6.07, 6.45) is 0. The summed E-state index contributed by atoms with van der Waals surface area (Å²) in [6, 6.07) is 14.6. The molecule has 0 amide bonds. The van der Waals surface area contributed by atoms with Crippen molar-refractivity contribution in [3.63, 3.8) is 0 Å². The van der Waals surface area contributed by atoms with Crippen molar-refractivity contribution in [2.45, 2.75) is 46.5 Å². The Bertz CT molecular complexity index is 651. The van der Waals surface area contributed by atoms with Gasteiger partial charge < -0.3 is 0 Å². The van der Waals surface area contributed by atoms with Crippen molar-refractivity contribution in [2.75, 3.05) is 0 Å². The van der Waals surface area contributed by atoms with Gasteiger partial charge in [-0.3, -0.25) is 4.79 Å². The summed E-state index contributed by atoms with van der Waals surface area (Å²) in [5.41, 5.74) is 5.85. The monoisotopic (exact) mass is 280 g/mol. The minimum atomic E-state index is 0.113. The maximum atomic E-state index is 11.6. The predicted molar refractivity (Wildman–Crippen MR) is 90.1 cm³/mol. The second kappa shape index (κ2) is 6.26. The van der Waals surface area contributed by atoms with Crippen molar-refractivity contribution < 1.29 is 4.79 Å². The Kier molecular flexibility index (Phi) is 4.62. The van der Waals surface area contributed by atoms with E-state index in [0.29, 0.717) is 11.8 Å². The van der Waals surface area contributed by atoms with Crippen LogP contribution in [0.3, 0.4) is 0 Å². The lowest BCUT2D eigenvalue weighted by Gasteiger charge is -2.17. The van der Waals surface area contributed by atoms with E-state index in [4.69, 9.17) is 0 Å². The second-order valence-corrected chi connectivity index (χ2v) is 6.29. The van der Waals surface area contributed by atoms with E-state index in [2.05, 4.69) is 52.0 Å². The lowest BCUT2D eigenvalue weighted by molar-refractivity contribution is 0.101. The molecule has 0 fully saturated rings. The molecule has 0 saturated carbocycles. The minimum Gasteiger partial charge on any atom is -0.295 e. The molecule has 110 valence electrons. The molecular weight excluding hydrogens is 256 g/mol. The zero-order valence-corrected chi connectivity index (χ0v) is 13.6. The molecule has 0 heterocycles. The Labute approximate surface area is 128 Å². The highest BCUT2D eigenvalue weighted by atomic mass is 16.1. The van der Waals surface area contributed by atoms with Crippen molar-refractivity contribution in [3.05, 3.63) is 59.2 Å². The summed E-state index contributed by atoms with van der Waals surface area (Å²) >= 11 is 0. The smallest absolute Gasteiger partial charge is 0.159 e. The average Bonchev–Trinajstić information content (AvgIpc) is 2.46. The van der Waals surface area contributed by atoms with Gasteiger partial charge in [-0.1, -0.05) is 64.1 Å². The summed E-state index contributed by atoms with van der Waals surface area (Å²) < 4.78 is 0. The molecule has 21 heavy (non-hydrogen) atoms. The molecule has 0 atom stereocenters. The number of carbonyl (C=O) groups excluding carboxylic acids is 1. The van der Waals surface area contributed by atoms with Crippen LogP contribution >= 0.6 is 0 Å². The maximum Gasteiger partial charge on any atom is 0.159 e. The Morgan fingerprint density at radius 1 is 0.905 bits per heavy atom. The highest BCUT2D eigenvalue weighted by Crippen LogP contribution is 2.32. The van der Waals surface area contributed by atoms with Crippen molar-refractivity contribution >= 4 is 5.78 Å². The molecule has 0 bridgehead atoms. The molecule has 1 nitrogen and oxygen atoms in total. The van der Waals surface area contributed by atoms with Crippen LogP contribution in [0.25, 0.3) is 11.1 Å². The van der Waals surface area contributed by atoms with Crippen LogP contribution in [0.15, 0.2) is 42.5 Å². The van der Waals surface area contributed by atoms with Gasteiger partial charge in [-0.2, -0.15) is 0 Å². The summed E-state index contributed by atoms with van der Waals surface area (Å²) in [4.78, 5) is 11.6. The maximum absolute atomic E-state index is 11.6. The molecule has 0 radical (unpaired) electrons. The van der Waals surface area contributed by atoms with Gasteiger partial charge in [-0.25, -0.2) is 0 Å². The molecule has 0 saturated heterocycles. The Hall–Kier alpha value is -1.89. The van der Waals surface area contributed by atoms with E-state index < -0.39 is 0 Å². The van der Waals surface area contributed by atoms with E-state index in [9.17, 15) is 4.79 Å². The first kappa shape index (κ1) is 15.5. The van der Waals surface area contributed by atoms with Gasteiger partial charge in [0, 0.05) is 5.56 Å². The van der Waals surface area contributed by atoms with Gasteiger partial charge in [0.15, 0.2) is 5.78 Å². The van der Waals surface area contributed by atoms with Crippen LogP contribution in [0.4, 0.5) is 0 Å². The number of benzene rings is 2. The third-order valence-corrected chi connectivity index (χ3v) is 3.94. The van der Waals surface area contributed by atoms with Gasteiger partial charge >= 0.3 is 0 Å². The molecule has 0 aliphatic rings. The van der Waals surface area contributed by atoms with Crippen LogP contribution in [-0.4, -0.2) is 5.78 Å². The molecular formula is C20H24O. The van der Waals surface area contributed by atoms with Gasteiger partial charge in [0.25, 0.3) is 0 Å². The number of rotatable bonds is 4. The van der Waals surface area contributed by atoms with Gasteiger partial charge in [0.1, 0.15) is 0 Å². The lowest BCUT2D eigenvalue weighted by atomic mass is 9.88. The highest BCUT2D eigenvalue weighted by molar-refractivity contribution is 5.95. The number of hydrogen-bond donors (Lipinski definition) is 0. The molecule has 0 spiro atoms. The second-order valence-electron chi connectivity index (χ2n) is 6.29. The van der Waals surface area contributed by atoms with Gasteiger partial charge in [0.2, 0.25) is 0 Å². The number of ketones is 1. The first-order valence-electron chi connectivity index (χ1n) is 7.65. The zero-order valence-electron chi connectivity index (χ0n) is 13.6. The third kappa shape index (κ3) is 3.41.